The van der Waals surface area contributed by atoms with Crippen molar-refractivity contribution in [2.24, 2.45) is 0 Å². The van der Waals surface area contributed by atoms with Crippen molar-refractivity contribution in [3.8, 4) is 0 Å². The Kier molecular flexibility index (Phi) is 6.59. The Bertz CT molecular complexity index is 779. The minimum absolute atomic E-state index is 0.0647. The molecule has 0 bridgehead atoms. The van der Waals surface area contributed by atoms with Crippen molar-refractivity contribution >= 4 is 27.8 Å². The number of carbonyl (C=O) groups excluding carboxylic acids is 2. The van der Waals surface area contributed by atoms with Crippen LogP contribution in [-0.2, 0) is 21.4 Å². The molecule has 0 unspecified atom stereocenters. The molecule has 0 saturated heterocycles. The quantitative estimate of drug-likeness (QED) is 0.739. The van der Waals surface area contributed by atoms with Gasteiger partial charge in [-0.2, -0.15) is 0 Å². The fraction of sp³-hybridized carbons (Fsp3) is 0.333. The summed E-state index contributed by atoms with van der Waals surface area (Å²) in [5.41, 5.74) is 2.73. The first-order chi connectivity index (χ1) is 12.2. The fourth-order valence-corrected chi connectivity index (χ4v) is 2.98. The highest BCUT2D eigenvalue weighted by Crippen LogP contribution is 2.22. The van der Waals surface area contributed by atoms with Gasteiger partial charge in [-0.1, -0.05) is 67.0 Å². The van der Waals surface area contributed by atoms with Crippen molar-refractivity contribution in [1.82, 2.24) is 5.32 Å². The van der Waals surface area contributed by atoms with Gasteiger partial charge in [-0.3, -0.25) is 4.79 Å². The minimum Gasteiger partial charge on any atom is -0.467 e. The summed E-state index contributed by atoms with van der Waals surface area (Å²) >= 11 is 3.34. The summed E-state index contributed by atoms with van der Waals surface area (Å²) in [5.74, 6) is -0.777. The summed E-state index contributed by atoms with van der Waals surface area (Å²) in [6.07, 6.45) is 0.372. The molecule has 138 valence electrons. The van der Waals surface area contributed by atoms with Crippen molar-refractivity contribution in [3.05, 3.63) is 69.7 Å². The van der Waals surface area contributed by atoms with Gasteiger partial charge in [0, 0.05) is 16.5 Å². The van der Waals surface area contributed by atoms with Crippen LogP contribution in [0.4, 0.5) is 0 Å². The first kappa shape index (κ1) is 20.2. The first-order valence-corrected chi connectivity index (χ1v) is 9.23. The van der Waals surface area contributed by atoms with Crippen LogP contribution < -0.4 is 5.32 Å². The van der Waals surface area contributed by atoms with Gasteiger partial charge < -0.3 is 10.1 Å². The van der Waals surface area contributed by atoms with Gasteiger partial charge in [0.05, 0.1) is 7.11 Å². The molecule has 0 radical (unpaired) electrons. The molecule has 26 heavy (non-hydrogen) atoms. The Balaban J connectivity index is 2.15. The Labute approximate surface area is 163 Å². The van der Waals surface area contributed by atoms with Crippen LogP contribution in [0.1, 0.15) is 42.3 Å². The summed E-state index contributed by atoms with van der Waals surface area (Å²) in [6, 6.07) is 14.4. The number of ether oxygens (including phenoxy) is 1. The van der Waals surface area contributed by atoms with E-state index in [9.17, 15) is 9.59 Å². The van der Waals surface area contributed by atoms with Gasteiger partial charge in [0.1, 0.15) is 6.04 Å². The lowest BCUT2D eigenvalue weighted by Gasteiger charge is -2.20. The second kappa shape index (κ2) is 8.49. The van der Waals surface area contributed by atoms with Crippen LogP contribution >= 0.6 is 15.9 Å². The van der Waals surface area contributed by atoms with E-state index < -0.39 is 12.0 Å². The number of methoxy groups -OCH3 is 1. The highest BCUT2D eigenvalue weighted by molar-refractivity contribution is 9.10. The lowest BCUT2D eigenvalue weighted by atomic mass is 9.86. The largest absolute Gasteiger partial charge is 0.467 e. The molecule has 1 atom stereocenters. The van der Waals surface area contributed by atoms with E-state index >= 15 is 0 Å². The van der Waals surface area contributed by atoms with Crippen LogP contribution in [0, 0.1) is 0 Å². The number of rotatable bonds is 5. The number of amides is 1. The van der Waals surface area contributed by atoms with Gasteiger partial charge >= 0.3 is 5.97 Å². The maximum Gasteiger partial charge on any atom is 0.328 e. The van der Waals surface area contributed by atoms with E-state index in [1.165, 1.54) is 12.7 Å². The molecule has 0 aliphatic rings. The topological polar surface area (TPSA) is 55.4 Å². The zero-order valence-corrected chi connectivity index (χ0v) is 17.1. The average Bonchev–Trinajstić information content (AvgIpc) is 2.60. The molecule has 4 nitrogen and oxygen atoms in total. The van der Waals surface area contributed by atoms with Gasteiger partial charge in [0.25, 0.3) is 5.91 Å². The molecule has 0 fully saturated rings. The molecule has 0 saturated carbocycles. The Morgan fingerprint density at radius 1 is 1.12 bits per heavy atom. The summed E-state index contributed by atoms with van der Waals surface area (Å²) in [4.78, 5) is 24.6. The van der Waals surface area contributed by atoms with E-state index in [0.717, 1.165) is 10.0 Å². The van der Waals surface area contributed by atoms with Crippen molar-refractivity contribution in [1.29, 1.82) is 0 Å². The van der Waals surface area contributed by atoms with E-state index in [2.05, 4.69) is 54.2 Å². The summed E-state index contributed by atoms with van der Waals surface area (Å²) in [5, 5.41) is 2.77. The molecular formula is C21H24BrNO3. The zero-order valence-electron chi connectivity index (χ0n) is 15.5. The Morgan fingerprint density at radius 2 is 1.77 bits per heavy atom. The predicted molar refractivity (Wildman–Crippen MR) is 106 cm³/mol. The van der Waals surface area contributed by atoms with Crippen LogP contribution in [0.2, 0.25) is 0 Å². The van der Waals surface area contributed by atoms with Gasteiger partial charge in [0.2, 0.25) is 0 Å². The normalized spacial score (nSPS) is 12.3. The Morgan fingerprint density at radius 3 is 2.31 bits per heavy atom. The average molecular weight is 418 g/mol. The summed E-state index contributed by atoms with van der Waals surface area (Å²) in [7, 11) is 1.32. The predicted octanol–water partition coefficient (Wildman–Crippen LogP) is 4.26. The lowest BCUT2D eigenvalue weighted by molar-refractivity contribution is -0.142. The molecule has 0 aliphatic carbocycles. The number of nitrogens with one attached hydrogen (secondary N) is 1. The second-order valence-electron chi connectivity index (χ2n) is 7.21. The molecule has 5 heteroatoms. The summed E-state index contributed by atoms with van der Waals surface area (Å²) in [6.45, 7) is 6.45. The monoisotopic (exact) mass is 417 g/mol. The van der Waals surface area contributed by atoms with Crippen molar-refractivity contribution in [2.45, 2.75) is 38.6 Å². The molecule has 0 aromatic heterocycles. The van der Waals surface area contributed by atoms with Crippen molar-refractivity contribution in [3.63, 3.8) is 0 Å². The minimum atomic E-state index is -0.744. The standard InChI is InChI=1S/C21H24BrNO3/c1-21(2,3)16-10-8-14(9-11-16)12-18(20(25)26-4)23-19(24)15-6-5-7-17(22)13-15/h5-11,13,18H,12H2,1-4H3,(H,23,24)/t18-/m0/s1. The van der Waals surface area contributed by atoms with Gasteiger partial charge in [-0.15, -0.1) is 0 Å². The summed E-state index contributed by atoms with van der Waals surface area (Å²) < 4.78 is 5.66. The third-order valence-corrected chi connectivity index (χ3v) is 4.63. The lowest BCUT2D eigenvalue weighted by Crippen LogP contribution is -2.43. The van der Waals surface area contributed by atoms with Crippen molar-refractivity contribution in [2.75, 3.05) is 7.11 Å². The molecule has 2 rings (SSSR count). The zero-order chi connectivity index (χ0) is 19.3. The van der Waals surface area contributed by atoms with Crippen molar-refractivity contribution < 1.29 is 14.3 Å². The third kappa shape index (κ3) is 5.43. The second-order valence-corrected chi connectivity index (χ2v) is 8.13. The number of carbonyl (C=O) groups is 2. The van der Waals surface area contributed by atoms with Gasteiger partial charge in [-0.25, -0.2) is 4.79 Å². The maximum atomic E-state index is 12.5. The van der Waals surface area contributed by atoms with Crippen LogP contribution in [0.5, 0.6) is 0 Å². The number of esters is 1. The molecule has 0 aliphatic heterocycles. The third-order valence-electron chi connectivity index (χ3n) is 4.14. The van der Waals surface area contributed by atoms with E-state index in [0.29, 0.717) is 12.0 Å². The molecule has 2 aromatic rings. The number of halogens is 1. The first-order valence-electron chi connectivity index (χ1n) is 8.44. The van der Waals surface area contributed by atoms with E-state index in [1.807, 2.05) is 18.2 Å². The molecule has 0 spiro atoms. The molecule has 2 aromatic carbocycles. The Hall–Kier alpha value is -2.14. The number of benzene rings is 2. The SMILES string of the molecule is COC(=O)[C@H](Cc1ccc(C(C)(C)C)cc1)NC(=O)c1cccc(Br)c1. The molecule has 1 N–H and O–H groups in total. The van der Waals surface area contributed by atoms with Gasteiger partial charge in [-0.05, 0) is 34.7 Å². The highest BCUT2D eigenvalue weighted by Gasteiger charge is 2.23. The maximum absolute atomic E-state index is 12.5. The highest BCUT2D eigenvalue weighted by atomic mass is 79.9. The van der Waals surface area contributed by atoms with Crippen LogP contribution in [0.3, 0.4) is 0 Å². The number of hydrogen-bond donors (Lipinski definition) is 1. The van der Waals surface area contributed by atoms with Crippen LogP contribution in [-0.4, -0.2) is 25.0 Å². The smallest absolute Gasteiger partial charge is 0.328 e. The number of hydrogen-bond acceptors (Lipinski definition) is 3. The van der Waals surface area contributed by atoms with E-state index in [1.54, 1.807) is 18.2 Å². The van der Waals surface area contributed by atoms with Crippen LogP contribution in [0.25, 0.3) is 0 Å². The van der Waals surface area contributed by atoms with Gasteiger partial charge in [0.15, 0.2) is 0 Å². The molecule has 1 amide bonds. The molecule has 0 heterocycles. The fourth-order valence-electron chi connectivity index (χ4n) is 2.58. The molecular weight excluding hydrogens is 394 g/mol. The van der Waals surface area contributed by atoms with E-state index in [4.69, 9.17) is 4.74 Å². The van der Waals surface area contributed by atoms with E-state index in [-0.39, 0.29) is 11.3 Å². The van der Waals surface area contributed by atoms with Crippen LogP contribution in [0.15, 0.2) is 53.0 Å².